The zero-order chi connectivity index (χ0) is 13.7. The number of nitrogens with two attached hydrogens (primary N) is 1. The van der Waals surface area contributed by atoms with Crippen molar-refractivity contribution in [3.05, 3.63) is 27.7 Å². The monoisotopic (exact) mass is 290 g/mol. The third-order valence-electron chi connectivity index (χ3n) is 2.56. The maximum absolute atomic E-state index is 11.8. The van der Waals surface area contributed by atoms with Crippen LogP contribution in [-0.2, 0) is 9.53 Å². The van der Waals surface area contributed by atoms with Crippen molar-refractivity contribution in [3.63, 3.8) is 0 Å². The number of hydrogen-bond donors (Lipinski definition) is 2. The number of methoxy groups -OCH3 is 1. The van der Waals surface area contributed by atoms with E-state index in [1.165, 1.54) is 7.11 Å². The van der Waals surface area contributed by atoms with E-state index in [9.17, 15) is 4.79 Å². The van der Waals surface area contributed by atoms with Gasteiger partial charge in [-0.1, -0.05) is 29.3 Å². The van der Waals surface area contributed by atoms with Crippen molar-refractivity contribution in [2.24, 2.45) is 5.73 Å². The highest BCUT2D eigenvalue weighted by atomic mass is 35.5. The van der Waals surface area contributed by atoms with Crippen LogP contribution in [0, 0.1) is 6.92 Å². The fourth-order valence-corrected chi connectivity index (χ4v) is 1.90. The maximum atomic E-state index is 11.8. The lowest BCUT2D eigenvalue weighted by molar-refractivity contribution is -0.118. The van der Waals surface area contributed by atoms with E-state index < -0.39 is 0 Å². The molecule has 6 heteroatoms. The highest BCUT2D eigenvalue weighted by Crippen LogP contribution is 2.32. The first-order valence-corrected chi connectivity index (χ1v) is 6.22. The second-order valence-corrected chi connectivity index (χ2v) is 4.68. The van der Waals surface area contributed by atoms with Gasteiger partial charge < -0.3 is 15.8 Å². The molecule has 1 rings (SSSR count). The Kier molecular flexibility index (Phi) is 5.88. The first-order valence-electron chi connectivity index (χ1n) is 5.47. The second kappa shape index (κ2) is 6.95. The van der Waals surface area contributed by atoms with E-state index in [1.807, 2.05) is 6.92 Å². The number of rotatable bonds is 5. The van der Waals surface area contributed by atoms with Gasteiger partial charge in [0, 0.05) is 13.7 Å². The van der Waals surface area contributed by atoms with Crippen molar-refractivity contribution >= 4 is 34.8 Å². The molecule has 4 nitrogen and oxygen atoms in total. The Morgan fingerprint density at radius 1 is 1.50 bits per heavy atom. The minimum Gasteiger partial charge on any atom is -0.380 e. The molecule has 0 aliphatic rings. The Morgan fingerprint density at radius 2 is 2.17 bits per heavy atom. The van der Waals surface area contributed by atoms with Crippen LogP contribution in [0.2, 0.25) is 10.0 Å². The number of nitrogens with one attached hydrogen (secondary N) is 1. The highest BCUT2D eigenvalue weighted by molar-refractivity contribution is 6.40. The minimum atomic E-state index is -0.313. The van der Waals surface area contributed by atoms with Crippen LogP contribution in [-0.4, -0.2) is 25.7 Å². The SMILES string of the molecule is COC(CN)CC(=O)Nc1c(Cl)ccc(C)c1Cl. The normalized spacial score (nSPS) is 12.3. The van der Waals surface area contributed by atoms with Crippen LogP contribution in [0.4, 0.5) is 5.69 Å². The summed E-state index contributed by atoms with van der Waals surface area (Å²) in [6.45, 7) is 2.12. The van der Waals surface area contributed by atoms with Gasteiger partial charge in [-0.2, -0.15) is 0 Å². The molecule has 3 N–H and O–H groups in total. The fraction of sp³-hybridized carbons (Fsp3) is 0.417. The van der Waals surface area contributed by atoms with Gasteiger partial charge in [0.15, 0.2) is 0 Å². The molecule has 0 spiro atoms. The first-order chi connectivity index (χ1) is 8.49. The largest absolute Gasteiger partial charge is 0.380 e. The summed E-state index contributed by atoms with van der Waals surface area (Å²) >= 11 is 12.1. The average molecular weight is 291 g/mol. The second-order valence-electron chi connectivity index (χ2n) is 3.90. The molecule has 1 aromatic rings. The fourth-order valence-electron chi connectivity index (χ4n) is 1.43. The molecule has 0 fully saturated rings. The number of amides is 1. The lowest BCUT2D eigenvalue weighted by Crippen LogP contribution is -2.28. The van der Waals surface area contributed by atoms with Gasteiger partial charge in [-0.25, -0.2) is 0 Å². The molecule has 0 saturated carbocycles. The number of benzene rings is 1. The van der Waals surface area contributed by atoms with Gasteiger partial charge >= 0.3 is 0 Å². The first kappa shape index (κ1) is 15.2. The summed E-state index contributed by atoms with van der Waals surface area (Å²) in [5.41, 5.74) is 6.72. The lowest BCUT2D eigenvalue weighted by atomic mass is 10.2. The summed E-state index contributed by atoms with van der Waals surface area (Å²) in [6, 6.07) is 3.48. The molecule has 0 radical (unpaired) electrons. The number of hydrogen-bond acceptors (Lipinski definition) is 3. The van der Waals surface area contributed by atoms with Crippen molar-refractivity contribution in [2.45, 2.75) is 19.4 Å². The lowest BCUT2D eigenvalue weighted by Gasteiger charge is -2.14. The van der Waals surface area contributed by atoms with Gasteiger partial charge in [-0.05, 0) is 18.6 Å². The van der Waals surface area contributed by atoms with E-state index >= 15 is 0 Å². The quantitative estimate of drug-likeness (QED) is 0.876. The predicted molar refractivity (Wildman–Crippen MR) is 74.3 cm³/mol. The molecular formula is C12H16Cl2N2O2. The average Bonchev–Trinajstić information content (AvgIpc) is 2.36. The Balaban J connectivity index is 2.79. The predicted octanol–water partition coefficient (Wildman–Crippen LogP) is 2.60. The number of halogens is 2. The highest BCUT2D eigenvalue weighted by Gasteiger charge is 2.15. The molecule has 0 heterocycles. The molecule has 1 aromatic carbocycles. The number of aryl methyl sites for hydroxylation is 1. The van der Waals surface area contributed by atoms with E-state index in [0.29, 0.717) is 15.7 Å². The molecule has 1 amide bonds. The summed E-state index contributed by atoms with van der Waals surface area (Å²) in [6.07, 6.45) is -0.152. The minimum absolute atomic E-state index is 0.160. The van der Waals surface area contributed by atoms with Crippen LogP contribution in [0.1, 0.15) is 12.0 Å². The van der Waals surface area contributed by atoms with Crippen molar-refractivity contribution in [3.8, 4) is 0 Å². The van der Waals surface area contributed by atoms with Crippen LogP contribution in [0.5, 0.6) is 0 Å². The van der Waals surface area contributed by atoms with Gasteiger partial charge in [0.05, 0.1) is 28.3 Å². The van der Waals surface area contributed by atoms with Crippen LogP contribution >= 0.6 is 23.2 Å². The van der Waals surface area contributed by atoms with E-state index in [-0.39, 0.29) is 25.0 Å². The standard InChI is InChI=1S/C12H16Cl2N2O2/c1-7-3-4-9(13)12(11(7)14)16-10(17)5-8(6-15)18-2/h3-4,8H,5-6,15H2,1-2H3,(H,16,17). The number of carbonyl (C=O) groups excluding carboxylic acids is 1. The Morgan fingerprint density at radius 3 is 2.72 bits per heavy atom. The van der Waals surface area contributed by atoms with Crippen LogP contribution in [0.25, 0.3) is 0 Å². The third kappa shape index (κ3) is 3.85. The van der Waals surface area contributed by atoms with Crippen molar-refractivity contribution in [1.29, 1.82) is 0 Å². The van der Waals surface area contributed by atoms with Crippen LogP contribution < -0.4 is 11.1 Å². The molecule has 0 aliphatic heterocycles. The third-order valence-corrected chi connectivity index (χ3v) is 3.36. The van der Waals surface area contributed by atoms with Gasteiger partial charge in [0.25, 0.3) is 0 Å². The molecule has 0 aliphatic carbocycles. The van der Waals surface area contributed by atoms with E-state index in [0.717, 1.165) is 5.56 Å². The summed E-state index contributed by atoms with van der Waals surface area (Å²) in [7, 11) is 1.51. The van der Waals surface area contributed by atoms with E-state index in [4.69, 9.17) is 33.7 Å². The molecular weight excluding hydrogens is 275 g/mol. The number of anilines is 1. The van der Waals surface area contributed by atoms with Gasteiger partial charge in [-0.3, -0.25) is 4.79 Å². The zero-order valence-electron chi connectivity index (χ0n) is 10.3. The summed E-state index contributed by atoms with van der Waals surface area (Å²) in [5.74, 6) is -0.235. The van der Waals surface area contributed by atoms with Gasteiger partial charge in [0.1, 0.15) is 0 Å². The Hall–Kier alpha value is -0.810. The van der Waals surface area contributed by atoms with Crippen LogP contribution in [0.3, 0.4) is 0 Å². The smallest absolute Gasteiger partial charge is 0.227 e. The molecule has 0 saturated heterocycles. The van der Waals surface area contributed by atoms with Crippen LogP contribution in [0.15, 0.2) is 12.1 Å². The topological polar surface area (TPSA) is 64.3 Å². The Bertz CT molecular complexity index is 434. The van der Waals surface area contributed by atoms with Crippen molar-refractivity contribution < 1.29 is 9.53 Å². The van der Waals surface area contributed by atoms with E-state index in [1.54, 1.807) is 12.1 Å². The molecule has 1 unspecified atom stereocenters. The van der Waals surface area contributed by atoms with E-state index in [2.05, 4.69) is 5.32 Å². The molecule has 18 heavy (non-hydrogen) atoms. The molecule has 100 valence electrons. The number of ether oxygens (including phenoxy) is 1. The zero-order valence-corrected chi connectivity index (χ0v) is 11.8. The van der Waals surface area contributed by atoms with Gasteiger partial charge in [0.2, 0.25) is 5.91 Å². The van der Waals surface area contributed by atoms with Gasteiger partial charge in [-0.15, -0.1) is 0 Å². The maximum Gasteiger partial charge on any atom is 0.227 e. The van der Waals surface area contributed by atoms with Crippen molar-refractivity contribution in [1.82, 2.24) is 0 Å². The summed E-state index contributed by atoms with van der Waals surface area (Å²) < 4.78 is 5.04. The molecule has 1 atom stereocenters. The Labute approximate surface area is 116 Å². The summed E-state index contributed by atoms with van der Waals surface area (Å²) in [4.78, 5) is 11.8. The number of carbonyl (C=O) groups is 1. The summed E-state index contributed by atoms with van der Waals surface area (Å²) in [5, 5.41) is 3.53. The molecule has 0 aromatic heterocycles. The molecule has 0 bridgehead atoms. The van der Waals surface area contributed by atoms with Crippen molar-refractivity contribution in [2.75, 3.05) is 19.0 Å².